The Morgan fingerprint density at radius 2 is 1.76 bits per heavy atom. The molecule has 0 aromatic heterocycles. The summed E-state index contributed by atoms with van der Waals surface area (Å²) in [6.45, 7) is 9.39. The minimum absolute atomic E-state index is 0.223. The number of rotatable bonds is 10. The first-order chi connectivity index (χ1) is 11.9. The molecule has 3 heteroatoms. The first-order valence-electron chi connectivity index (χ1n) is 9.86. The minimum Gasteiger partial charge on any atom is -0.370 e. The average Bonchev–Trinajstić information content (AvgIpc) is 3.33. The summed E-state index contributed by atoms with van der Waals surface area (Å²) in [5.41, 5.74) is 2.59. The second kappa shape index (κ2) is 9.38. The van der Waals surface area contributed by atoms with E-state index >= 15 is 0 Å². The molecule has 2 rings (SSSR count). The van der Waals surface area contributed by atoms with Crippen molar-refractivity contribution in [3.63, 3.8) is 0 Å². The van der Waals surface area contributed by atoms with Crippen LogP contribution in [0.25, 0.3) is 0 Å². The summed E-state index contributed by atoms with van der Waals surface area (Å²) in [5, 5.41) is 0. The van der Waals surface area contributed by atoms with Crippen molar-refractivity contribution in [2.75, 3.05) is 7.05 Å². The van der Waals surface area contributed by atoms with Gasteiger partial charge in [-0.05, 0) is 48.6 Å². The van der Waals surface area contributed by atoms with Gasteiger partial charge in [-0.3, -0.25) is 4.79 Å². The summed E-state index contributed by atoms with van der Waals surface area (Å²) in [7, 11) is 1.89. The number of carbonyl (C=O) groups is 1. The van der Waals surface area contributed by atoms with E-state index in [9.17, 15) is 4.79 Å². The van der Waals surface area contributed by atoms with Crippen LogP contribution in [-0.4, -0.2) is 30.1 Å². The van der Waals surface area contributed by atoms with Crippen LogP contribution in [0.3, 0.4) is 0 Å². The Morgan fingerprint density at radius 1 is 1.12 bits per heavy atom. The monoisotopic (exact) mass is 345 g/mol. The second-order valence-corrected chi connectivity index (χ2v) is 8.17. The molecule has 0 saturated carbocycles. The predicted molar refractivity (Wildman–Crippen MR) is 103 cm³/mol. The van der Waals surface area contributed by atoms with Crippen LogP contribution in [0.4, 0.5) is 0 Å². The Morgan fingerprint density at radius 3 is 2.32 bits per heavy atom. The largest absolute Gasteiger partial charge is 0.370 e. The van der Waals surface area contributed by atoms with Gasteiger partial charge in [0.2, 0.25) is 5.91 Å². The Labute approximate surface area is 153 Å². The van der Waals surface area contributed by atoms with Gasteiger partial charge < -0.3 is 9.64 Å². The third-order valence-electron chi connectivity index (χ3n) is 5.07. The maximum atomic E-state index is 12.1. The Balaban J connectivity index is 1.74. The molecule has 1 heterocycles. The standard InChI is InChI=1S/C22H35NO2/c1-6-20-21(25-20)12-7-17(4)14-18-8-10-19(11-9-18)15-23(5)22(24)13-16(2)3/h8-11,16-17,20-21H,6-7,12-15H2,1-5H3. The van der Waals surface area contributed by atoms with Crippen LogP contribution < -0.4 is 0 Å². The quantitative estimate of drug-likeness (QED) is 0.569. The lowest BCUT2D eigenvalue weighted by atomic mass is 9.95. The van der Waals surface area contributed by atoms with Crippen molar-refractivity contribution < 1.29 is 9.53 Å². The smallest absolute Gasteiger partial charge is 0.222 e. The highest BCUT2D eigenvalue weighted by Gasteiger charge is 2.36. The van der Waals surface area contributed by atoms with E-state index in [-0.39, 0.29) is 5.91 Å². The van der Waals surface area contributed by atoms with Gasteiger partial charge in [-0.2, -0.15) is 0 Å². The maximum Gasteiger partial charge on any atom is 0.222 e. The molecule has 0 bridgehead atoms. The topological polar surface area (TPSA) is 32.8 Å². The highest BCUT2D eigenvalue weighted by molar-refractivity contribution is 5.76. The normalized spacial score (nSPS) is 20.6. The van der Waals surface area contributed by atoms with E-state index < -0.39 is 0 Å². The highest BCUT2D eigenvalue weighted by atomic mass is 16.6. The van der Waals surface area contributed by atoms with E-state index in [1.807, 2.05) is 11.9 Å². The van der Waals surface area contributed by atoms with Gasteiger partial charge in [0.05, 0.1) is 12.2 Å². The van der Waals surface area contributed by atoms with Crippen molar-refractivity contribution in [2.45, 2.75) is 78.6 Å². The number of hydrogen-bond donors (Lipinski definition) is 0. The lowest BCUT2D eigenvalue weighted by Gasteiger charge is -2.19. The molecule has 0 aliphatic carbocycles. The predicted octanol–water partition coefficient (Wildman–Crippen LogP) is 4.83. The van der Waals surface area contributed by atoms with E-state index in [0.717, 1.165) is 12.8 Å². The van der Waals surface area contributed by atoms with Crippen molar-refractivity contribution in [1.29, 1.82) is 0 Å². The maximum absolute atomic E-state index is 12.1. The Hall–Kier alpha value is -1.35. The van der Waals surface area contributed by atoms with Crippen molar-refractivity contribution in [3.8, 4) is 0 Å². The summed E-state index contributed by atoms with van der Waals surface area (Å²) in [6, 6.07) is 8.76. The number of carbonyl (C=O) groups excluding carboxylic acids is 1. The molecule has 0 radical (unpaired) electrons. The number of ether oxygens (including phenoxy) is 1. The molecule has 1 fully saturated rings. The molecule has 0 spiro atoms. The zero-order valence-electron chi connectivity index (χ0n) is 16.6. The van der Waals surface area contributed by atoms with Crippen LogP contribution >= 0.6 is 0 Å². The van der Waals surface area contributed by atoms with E-state index in [1.165, 1.54) is 24.0 Å². The van der Waals surface area contributed by atoms with Gasteiger partial charge in [0.1, 0.15) is 0 Å². The molecule has 3 atom stereocenters. The first kappa shape index (κ1) is 20.0. The van der Waals surface area contributed by atoms with E-state index in [2.05, 4.69) is 52.0 Å². The zero-order valence-corrected chi connectivity index (χ0v) is 16.6. The summed E-state index contributed by atoms with van der Waals surface area (Å²) >= 11 is 0. The number of nitrogens with zero attached hydrogens (tertiary/aromatic N) is 1. The molecule has 1 saturated heterocycles. The number of benzene rings is 1. The van der Waals surface area contributed by atoms with E-state index in [0.29, 0.717) is 37.0 Å². The molecule has 3 nitrogen and oxygen atoms in total. The van der Waals surface area contributed by atoms with Gasteiger partial charge in [0.25, 0.3) is 0 Å². The molecule has 25 heavy (non-hydrogen) atoms. The molecule has 1 aliphatic rings. The van der Waals surface area contributed by atoms with Crippen molar-refractivity contribution in [1.82, 2.24) is 4.90 Å². The lowest BCUT2D eigenvalue weighted by Crippen LogP contribution is -2.27. The number of hydrogen-bond acceptors (Lipinski definition) is 2. The Bertz CT molecular complexity index is 537. The molecular weight excluding hydrogens is 310 g/mol. The fourth-order valence-corrected chi connectivity index (χ4v) is 3.39. The fourth-order valence-electron chi connectivity index (χ4n) is 3.39. The van der Waals surface area contributed by atoms with Crippen molar-refractivity contribution >= 4 is 5.91 Å². The van der Waals surface area contributed by atoms with E-state index in [1.54, 1.807) is 0 Å². The molecule has 1 aromatic carbocycles. The van der Waals surface area contributed by atoms with Crippen LogP contribution in [0.5, 0.6) is 0 Å². The van der Waals surface area contributed by atoms with Crippen LogP contribution in [0.2, 0.25) is 0 Å². The van der Waals surface area contributed by atoms with E-state index in [4.69, 9.17) is 4.74 Å². The summed E-state index contributed by atoms with van der Waals surface area (Å²) in [5.74, 6) is 1.32. The van der Waals surface area contributed by atoms with Gasteiger partial charge >= 0.3 is 0 Å². The van der Waals surface area contributed by atoms with Gasteiger partial charge in [-0.25, -0.2) is 0 Å². The zero-order chi connectivity index (χ0) is 18.4. The van der Waals surface area contributed by atoms with Crippen LogP contribution in [0.1, 0.15) is 64.5 Å². The Kier molecular flexibility index (Phi) is 7.49. The summed E-state index contributed by atoms with van der Waals surface area (Å²) in [4.78, 5) is 13.9. The van der Waals surface area contributed by atoms with Crippen LogP contribution in [0.15, 0.2) is 24.3 Å². The molecular formula is C22H35NO2. The molecule has 3 unspecified atom stereocenters. The third-order valence-corrected chi connectivity index (χ3v) is 5.07. The lowest BCUT2D eigenvalue weighted by molar-refractivity contribution is -0.131. The summed E-state index contributed by atoms with van der Waals surface area (Å²) < 4.78 is 5.63. The number of amides is 1. The molecule has 1 amide bonds. The second-order valence-electron chi connectivity index (χ2n) is 8.17. The average molecular weight is 346 g/mol. The minimum atomic E-state index is 0.223. The van der Waals surface area contributed by atoms with Gasteiger partial charge in [0, 0.05) is 20.0 Å². The molecule has 1 aromatic rings. The molecule has 1 aliphatic heterocycles. The third kappa shape index (κ3) is 6.81. The van der Waals surface area contributed by atoms with Gasteiger partial charge in [-0.1, -0.05) is 52.0 Å². The molecule has 0 N–H and O–H groups in total. The first-order valence-corrected chi connectivity index (χ1v) is 9.86. The van der Waals surface area contributed by atoms with Crippen molar-refractivity contribution in [2.24, 2.45) is 11.8 Å². The van der Waals surface area contributed by atoms with Gasteiger partial charge in [0.15, 0.2) is 0 Å². The van der Waals surface area contributed by atoms with Crippen molar-refractivity contribution in [3.05, 3.63) is 35.4 Å². The SMILES string of the molecule is CCC1OC1CCC(C)Cc1ccc(CN(C)C(=O)CC(C)C)cc1. The van der Waals surface area contributed by atoms with Crippen LogP contribution in [0, 0.1) is 11.8 Å². The van der Waals surface area contributed by atoms with Crippen LogP contribution in [-0.2, 0) is 22.5 Å². The highest BCUT2D eigenvalue weighted by Crippen LogP contribution is 2.30. The van der Waals surface area contributed by atoms with Gasteiger partial charge in [-0.15, -0.1) is 0 Å². The summed E-state index contributed by atoms with van der Waals surface area (Å²) in [6.07, 6.45) is 6.36. The fraction of sp³-hybridized carbons (Fsp3) is 0.682. The molecule has 140 valence electrons. The number of epoxide rings is 1.